The molecule has 0 aliphatic carbocycles. The number of halogens is 1. The maximum Gasteiger partial charge on any atom is 0.416 e. The zero-order valence-corrected chi connectivity index (χ0v) is 10.3. The summed E-state index contributed by atoms with van der Waals surface area (Å²) in [6.45, 7) is 6.71. The highest BCUT2D eigenvalue weighted by Gasteiger charge is 2.31. The van der Waals surface area contributed by atoms with Gasteiger partial charge in [-0.1, -0.05) is 11.6 Å². The van der Waals surface area contributed by atoms with Crippen molar-refractivity contribution in [1.82, 2.24) is 9.78 Å². The van der Waals surface area contributed by atoms with Crippen LogP contribution >= 0.6 is 11.6 Å². The molecule has 1 aromatic heterocycles. The van der Waals surface area contributed by atoms with Gasteiger partial charge < -0.3 is 4.74 Å². The van der Waals surface area contributed by atoms with Crippen molar-refractivity contribution in [2.45, 2.75) is 32.9 Å². The molecule has 0 fully saturated rings. The van der Waals surface area contributed by atoms with Crippen molar-refractivity contribution < 1.29 is 9.53 Å². The predicted octanol–water partition coefficient (Wildman–Crippen LogP) is 2.29. The first-order chi connectivity index (χ1) is 7.38. The molecule has 0 N–H and O–H groups in total. The number of hydrogen-bond acceptors (Lipinski definition) is 3. The monoisotopic (exact) mass is 243 g/mol. The Kier molecular flexibility index (Phi) is 2.58. The maximum atomic E-state index is 11.9. The summed E-state index contributed by atoms with van der Waals surface area (Å²) in [7, 11) is 0. The minimum absolute atomic E-state index is 0.381. The molecule has 0 bridgehead atoms. The molecule has 2 rings (SSSR count). The van der Waals surface area contributed by atoms with E-state index in [1.807, 2.05) is 20.8 Å². The van der Waals surface area contributed by atoms with Crippen LogP contribution in [-0.2, 0) is 11.3 Å². The Balaban J connectivity index is 2.19. The number of rotatable bonds is 0. The molecule has 0 saturated heterocycles. The average molecular weight is 244 g/mol. The van der Waals surface area contributed by atoms with Gasteiger partial charge in [-0.25, -0.2) is 9.48 Å². The summed E-state index contributed by atoms with van der Waals surface area (Å²) in [6.07, 6.45) is 1.15. The molecule has 1 aliphatic rings. The van der Waals surface area contributed by atoms with Crippen LogP contribution in [0.2, 0.25) is 5.02 Å². The molecule has 5 nitrogen and oxygen atoms in total. The van der Waals surface area contributed by atoms with Gasteiger partial charge in [-0.2, -0.15) is 5.10 Å². The van der Waals surface area contributed by atoms with Crippen LogP contribution in [0.25, 0.3) is 0 Å². The van der Waals surface area contributed by atoms with E-state index in [0.717, 1.165) is 0 Å². The fourth-order valence-electron chi connectivity index (χ4n) is 1.58. The van der Waals surface area contributed by atoms with Gasteiger partial charge >= 0.3 is 6.09 Å². The van der Waals surface area contributed by atoms with Crippen molar-refractivity contribution in [2.75, 3.05) is 11.4 Å². The lowest BCUT2D eigenvalue weighted by molar-refractivity contribution is 0.0584. The Bertz CT molecular complexity index is 422. The average Bonchev–Trinajstić information content (AvgIpc) is 2.66. The Labute approximate surface area is 98.9 Å². The Morgan fingerprint density at radius 3 is 2.81 bits per heavy atom. The second kappa shape index (κ2) is 3.66. The summed E-state index contributed by atoms with van der Waals surface area (Å²) in [5, 5.41) is 4.54. The van der Waals surface area contributed by atoms with E-state index in [-0.39, 0.29) is 6.09 Å². The fourth-order valence-corrected chi connectivity index (χ4v) is 1.83. The first kappa shape index (κ1) is 11.3. The SMILES string of the molecule is CC(C)(C)OC(=O)N1CCn2ncc(Cl)c21. The predicted molar refractivity (Wildman–Crippen MR) is 60.8 cm³/mol. The van der Waals surface area contributed by atoms with Crippen LogP contribution in [0.15, 0.2) is 6.20 Å². The van der Waals surface area contributed by atoms with Gasteiger partial charge in [-0.3, -0.25) is 4.90 Å². The van der Waals surface area contributed by atoms with Crippen molar-refractivity contribution in [1.29, 1.82) is 0 Å². The van der Waals surface area contributed by atoms with E-state index in [1.54, 1.807) is 4.68 Å². The van der Waals surface area contributed by atoms with E-state index in [9.17, 15) is 4.79 Å². The molecule has 88 valence electrons. The van der Waals surface area contributed by atoms with E-state index >= 15 is 0 Å². The van der Waals surface area contributed by atoms with Gasteiger partial charge in [-0.05, 0) is 20.8 Å². The van der Waals surface area contributed by atoms with Crippen LogP contribution in [-0.4, -0.2) is 28.0 Å². The van der Waals surface area contributed by atoms with Crippen LogP contribution in [0.1, 0.15) is 20.8 Å². The third kappa shape index (κ3) is 2.00. The minimum Gasteiger partial charge on any atom is -0.443 e. The van der Waals surface area contributed by atoms with Gasteiger partial charge in [0.05, 0.1) is 19.3 Å². The highest BCUT2D eigenvalue weighted by molar-refractivity contribution is 6.33. The third-order valence-corrected chi connectivity index (χ3v) is 2.44. The number of aromatic nitrogens is 2. The number of carbonyl (C=O) groups is 1. The summed E-state index contributed by atoms with van der Waals surface area (Å²) in [5.74, 6) is 0.621. The second-order valence-corrected chi connectivity index (χ2v) is 5.08. The molecule has 2 heterocycles. The van der Waals surface area contributed by atoms with E-state index in [1.165, 1.54) is 11.1 Å². The Morgan fingerprint density at radius 1 is 1.50 bits per heavy atom. The van der Waals surface area contributed by atoms with E-state index in [4.69, 9.17) is 16.3 Å². The second-order valence-electron chi connectivity index (χ2n) is 4.67. The molecule has 0 unspecified atom stereocenters. The standard InChI is InChI=1S/C10H14ClN3O2/c1-10(2,3)16-9(15)13-4-5-14-8(13)7(11)6-12-14/h6H,4-5H2,1-3H3. The first-order valence-electron chi connectivity index (χ1n) is 5.10. The smallest absolute Gasteiger partial charge is 0.416 e. The topological polar surface area (TPSA) is 47.4 Å². The van der Waals surface area contributed by atoms with Crippen LogP contribution in [0.4, 0.5) is 10.6 Å². The molecule has 0 aromatic carbocycles. The van der Waals surface area contributed by atoms with Crippen LogP contribution in [0, 0.1) is 0 Å². The highest BCUT2D eigenvalue weighted by atomic mass is 35.5. The van der Waals surface area contributed by atoms with Crippen molar-refractivity contribution in [3.05, 3.63) is 11.2 Å². The first-order valence-corrected chi connectivity index (χ1v) is 5.48. The van der Waals surface area contributed by atoms with Crippen LogP contribution < -0.4 is 4.90 Å². The number of fused-ring (bicyclic) bond motifs is 1. The number of carbonyl (C=O) groups excluding carboxylic acids is 1. The zero-order chi connectivity index (χ0) is 11.9. The minimum atomic E-state index is -0.503. The lowest BCUT2D eigenvalue weighted by atomic mass is 10.2. The van der Waals surface area contributed by atoms with Crippen molar-refractivity contribution in [3.8, 4) is 0 Å². The number of ether oxygens (including phenoxy) is 1. The Morgan fingerprint density at radius 2 is 2.19 bits per heavy atom. The summed E-state index contributed by atoms with van der Waals surface area (Å²) < 4.78 is 6.99. The van der Waals surface area contributed by atoms with E-state index in [0.29, 0.717) is 23.9 Å². The van der Waals surface area contributed by atoms with Crippen LogP contribution in [0.3, 0.4) is 0 Å². The molecule has 0 radical (unpaired) electrons. The Hall–Kier alpha value is -1.23. The molecular formula is C10H14ClN3O2. The number of anilines is 1. The summed E-state index contributed by atoms with van der Waals surface area (Å²) >= 11 is 5.96. The molecule has 6 heteroatoms. The van der Waals surface area contributed by atoms with Gasteiger partial charge in [-0.15, -0.1) is 0 Å². The van der Waals surface area contributed by atoms with Crippen molar-refractivity contribution in [2.24, 2.45) is 0 Å². The fraction of sp³-hybridized carbons (Fsp3) is 0.600. The molecule has 1 aromatic rings. The molecule has 0 atom stereocenters. The van der Waals surface area contributed by atoms with Gasteiger partial charge in [0.2, 0.25) is 0 Å². The van der Waals surface area contributed by atoms with Gasteiger partial charge in [0.25, 0.3) is 0 Å². The highest BCUT2D eigenvalue weighted by Crippen LogP contribution is 2.30. The van der Waals surface area contributed by atoms with Crippen molar-refractivity contribution >= 4 is 23.5 Å². The normalized spacial score (nSPS) is 15.1. The van der Waals surface area contributed by atoms with Crippen molar-refractivity contribution in [3.63, 3.8) is 0 Å². The van der Waals surface area contributed by atoms with E-state index < -0.39 is 5.60 Å². The number of nitrogens with zero attached hydrogens (tertiary/aromatic N) is 3. The number of hydrogen-bond donors (Lipinski definition) is 0. The molecule has 16 heavy (non-hydrogen) atoms. The number of amides is 1. The summed E-state index contributed by atoms with van der Waals surface area (Å²) in [5.41, 5.74) is -0.503. The molecule has 1 amide bonds. The zero-order valence-electron chi connectivity index (χ0n) is 9.53. The van der Waals surface area contributed by atoms with E-state index in [2.05, 4.69) is 5.10 Å². The van der Waals surface area contributed by atoms with Gasteiger partial charge in [0, 0.05) is 0 Å². The summed E-state index contributed by atoms with van der Waals surface area (Å²) in [6, 6.07) is 0. The lowest BCUT2D eigenvalue weighted by Gasteiger charge is -2.23. The summed E-state index contributed by atoms with van der Waals surface area (Å²) in [4.78, 5) is 13.4. The third-order valence-electron chi connectivity index (χ3n) is 2.17. The molecule has 0 spiro atoms. The largest absolute Gasteiger partial charge is 0.443 e. The molecule has 1 aliphatic heterocycles. The molecule has 0 saturated carbocycles. The molecular weight excluding hydrogens is 230 g/mol. The quantitative estimate of drug-likeness (QED) is 0.702. The lowest BCUT2D eigenvalue weighted by Crippen LogP contribution is -2.35. The maximum absolute atomic E-state index is 11.9. The van der Waals surface area contributed by atoms with Gasteiger partial charge in [0.1, 0.15) is 10.6 Å². The van der Waals surface area contributed by atoms with Gasteiger partial charge in [0.15, 0.2) is 5.82 Å². The van der Waals surface area contributed by atoms with Crippen LogP contribution in [0.5, 0.6) is 0 Å².